The van der Waals surface area contributed by atoms with Crippen molar-refractivity contribution >= 4 is 22.1 Å². The minimum absolute atomic E-state index is 0.180. The van der Waals surface area contributed by atoms with Crippen molar-refractivity contribution in [1.29, 1.82) is 0 Å². The molecule has 0 aliphatic carbocycles. The lowest BCUT2D eigenvalue weighted by Gasteiger charge is -2.04. The number of hydrogen-bond donors (Lipinski definition) is 1. The standard InChI is InChI=1S/C15H14N2O/c1-2-4-10-7-8-11-13(9-10)16-12-5-3-6-14(18)15(12)17-11/h3,5-9,18H,2,4H2,1H3. The number of hydrogen-bond acceptors (Lipinski definition) is 3. The molecule has 2 aromatic carbocycles. The number of aryl methyl sites for hydroxylation is 1. The zero-order chi connectivity index (χ0) is 12.5. The second-order valence-corrected chi connectivity index (χ2v) is 4.44. The lowest BCUT2D eigenvalue weighted by molar-refractivity contribution is 0.480. The fourth-order valence-corrected chi connectivity index (χ4v) is 2.17. The summed E-state index contributed by atoms with van der Waals surface area (Å²) in [5.74, 6) is 0.180. The molecule has 0 unspecified atom stereocenters. The van der Waals surface area contributed by atoms with Gasteiger partial charge in [-0.1, -0.05) is 25.5 Å². The maximum Gasteiger partial charge on any atom is 0.143 e. The predicted molar refractivity (Wildman–Crippen MR) is 72.7 cm³/mol. The molecule has 0 radical (unpaired) electrons. The summed E-state index contributed by atoms with van der Waals surface area (Å²) in [7, 11) is 0. The van der Waals surface area contributed by atoms with Gasteiger partial charge >= 0.3 is 0 Å². The van der Waals surface area contributed by atoms with Crippen molar-refractivity contribution in [3.63, 3.8) is 0 Å². The van der Waals surface area contributed by atoms with Gasteiger partial charge in [0, 0.05) is 0 Å². The Labute approximate surface area is 105 Å². The number of phenols is 1. The number of benzene rings is 2. The zero-order valence-electron chi connectivity index (χ0n) is 10.2. The van der Waals surface area contributed by atoms with E-state index < -0.39 is 0 Å². The molecule has 0 saturated heterocycles. The molecule has 0 atom stereocenters. The third-order valence-corrected chi connectivity index (χ3v) is 3.05. The number of phenolic OH excluding ortho intramolecular Hbond substituents is 1. The van der Waals surface area contributed by atoms with Crippen LogP contribution in [0.5, 0.6) is 5.75 Å². The molecule has 1 heterocycles. The van der Waals surface area contributed by atoms with Gasteiger partial charge < -0.3 is 5.11 Å². The van der Waals surface area contributed by atoms with Crippen molar-refractivity contribution in [2.75, 3.05) is 0 Å². The molecule has 3 aromatic rings. The summed E-state index contributed by atoms with van der Waals surface area (Å²) in [6, 6.07) is 11.4. The summed E-state index contributed by atoms with van der Waals surface area (Å²) in [5, 5.41) is 9.77. The van der Waals surface area contributed by atoms with E-state index in [1.54, 1.807) is 12.1 Å². The van der Waals surface area contributed by atoms with Gasteiger partial charge in [-0.05, 0) is 36.2 Å². The van der Waals surface area contributed by atoms with E-state index in [1.807, 2.05) is 12.1 Å². The Morgan fingerprint density at radius 2 is 1.89 bits per heavy atom. The quantitative estimate of drug-likeness (QED) is 0.695. The van der Waals surface area contributed by atoms with Crippen LogP contribution in [-0.2, 0) is 6.42 Å². The number of fused-ring (bicyclic) bond motifs is 2. The van der Waals surface area contributed by atoms with Crippen molar-refractivity contribution in [2.24, 2.45) is 0 Å². The molecule has 0 aliphatic heterocycles. The number of aromatic hydroxyl groups is 1. The SMILES string of the molecule is CCCc1ccc2nc3c(O)cccc3nc2c1. The highest BCUT2D eigenvalue weighted by atomic mass is 16.3. The molecular weight excluding hydrogens is 224 g/mol. The van der Waals surface area contributed by atoms with Crippen LogP contribution in [0.25, 0.3) is 22.1 Å². The molecule has 1 N–H and O–H groups in total. The van der Waals surface area contributed by atoms with Crippen molar-refractivity contribution in [2.45, 2.75) is 19.8 Å². The minimum Gasteiger partial charge on any atom is -0.506 e. The maximum absolute atomic E-state index is 9.77. The molecule has 18 heavy (non-hydrogen) atoms. The predicted octanol–water partition coefficient (Wildman–Crippen LogP) is 3.44. The molecule has 90 valence electrons. The summed E-state index contributed by atoms with van der Waals surface area (Å²) < 4.78 is 0. The van der Waals surface area contributed by atoms with Crippen LogP contribution in [0.3, 0.4) is 0 Å². The lowest BCUT2D eigenvalue weighted by atomic mass is 10.1. The van der Waals surface area contributed by atoms with Crippen LogP contribution in [0.2, 0.25) is 0 Å². The van der Waals surface area contributed by atoms with E-state index in [2.05, 4.69) is 29.0 Å². The van der Waals surface area contributed by atoms with Gasteiger partial charge in [-0.3, -0.25) is 0 Å². The van der Waals surface area contributed by atoms with E-state index in [4.69, 9.17) is 0 Å². The first-order chi connectivity index (χ1) is 8.78. The van der Waals surface area contributed by atoms with Gasteiger partial charge in [-0.25, -0.2) is 9.97 Å². The Kier molecular flexibility index (Phi) is 2.59. The Morgan fingerprint density at radius 3 is 2.72 bits per heavy atom. The number of aromatic nitrogens is 2. The molecule has 1 aromatic heterocycles. The molecule has 3 nitrogen and oxygen atoms in total. The van der Waals surface area contributed by atoms with Crippen molar-refractivity contribution in [1.82, 2.24) is 9.97 Å². The summed E-state index contributed by atoms with van der Waals surface area (Å²) in [6.45, 7) is 2.16. The number of rotatable bonds is 2. The molecule has 3 rings (SSSR count). The summed E-state index contributed by atoms with van der Waals surface area (Å²) in [6.07, 6.45) is 2.17. The van der Waals surface area contributed by atoms with E-state index in [-0.39, 0.29) is 5.75 Å². The van der Waals surface area contributed by atoms with Crippen LogP contribution in [-0.4, -0.2) is 15.1 Å². The monoisotopic (exact) mass is 238 g/mol. The van der Waals surface area contributed by atoms with Gasteiger partial charge in [-0.2, -0.15) is 0 Å². The highest BCUT2D eigenvalue weighted by Crippen LogP contribution is 2.24. The lowest BCUT2D eigenvalue weighted by Crippen LogP contribution is -1.90. The normalized spacial score (nSPS) is 11.2. The summed E-state index contributed by atoms with van der Waals surface area (Å²) in [5.41, 5.74) is 4.28. The van der Waals surface area contributed by atoms with Crippen molar-refractivity contribution in [3.05, 3.63) is 42.0 Å². The minimum atomic E-state index is 0.180. The summed E-state index contributed by atoms with van der Waals surface area (Å²) in [4.78, 5) is 9.02. The molecule has 0 amide bonds. The molecule has 0 fully saturated rings. The molecule has 0 saturated carbocycles. The number of para-hydroxylation sites is 1. The van der Waals surface area contributed by atoms with Gasteiger partial charge in [0.05, 0.1) is 16.6 Å². The smallest absolute Gasteiger partial charge is 0.143 e. The molecule has 0 bridgehead atoms. The topological polar surface area (TPSA) is 46.0 Å². The van der Waals surface area contributed by atoms with E-state index >= 15 is 0 Å². The van der Waals surface area contributed by atoms with Gasteiger partial charge in [0.25, 0.3) is 0 Å². The fourth-order valence-electron chi connectivity index (χ4n) is 2.17. The van der Waals surface area contributed by atoms with Gasteiger partial charge in [0.1, 0.15) is 11.3 Å². The average molecular weight is 238 g/mol. The van der Waals surface area contributed by atoms with E-state index in [9.17, 15) is 5.11 Å². The average Bonchev–Trinajstić information content (AvgIpc) is 2.38. The Bertz CT molecular complexity index is 722. The van der Waals surface area contributed by atoms with Gasteiger partial charge in [0.15, 0.2) is 0 Å². The van der Waals surface area contributed by atoms with Crippen LogP contribution in [0.1, 0.15) is 18.9 Å². The highest BCUT2D eigenvalue weighted by Gasteiger charge is 2.05. The first kappa shape index (κ1) is 11.0. The van der Waals surface area contributed by atoms with Gasteiger partial charge in [-0.15, -0.1) is 0 Å². The first-order valence-electron chi connectivity index (χ1n) is 6.16. The fraction of sp³-hybridized carbons (Fsp3) is 0.200. The van der Waals surface area contributed by atoms with Crippen LogP contribution < -0.4 is 0 Å². The van der Waals surface area contributed by atoms with E-state index in [1.165, 1.54) is 5.56 Å². The third-order valence-electron chi connectivity index (χ3n) is 3.05. The van der Waals surface area contributed by atoms with Crippen LogP contribution in [0, 0.1) is 0 Å². The molecule has 0 spiro atoms. The number of nitrogens with zero attached hydrogens (tertiary/aromatic N) is 2. The van der Waals surface area contributed by atoms with Crippen LogP contribution >= 0.6 is 0 Å². The Morgan fingerprint density at radius 1 is 1.00 bits per heavy atom. The molecular formula is C15H14N2O. The van der Waals surface area contributed by atoms with Crippen molar-refractivity contribution in [3.8, 4) is 5.75 Å². The second kappa shape index (κ2) is 4.26. The van der Waals surface area contributed by atoms with Crippen LogP contribution in [0.15, 0.2) is 36.4 Å². The molecule has 0 aliphatic rings. The largest absolute Gasteiger partial charge is 0.506 e. The van der Waals surface area contributed by atoms with Crippen LogP contribution in [0.4, 0.5) is 0 Å². The Hall–Kier alpha value is -2.16. The highest BCUT2D eigenvalue weighted by molar-refractivity contribution is 5.89. The van der Waals surface area contributed by atoms with Crippen molar-refractivity contribution < 1.29 is 5.11 Å². The maximum atomic E-state index is 9.77. The zero-order valence-corrected chi connectivity index (χ0v) is 10.2. The third kappa shape index (κ3) is 1.78. The summed E-state index contributed by atoms with van der Waals surface area (Å²) >= 11 is 0. The van der Waals surface area contributed by atoms with E-state index in [0.717, 1.165) is 29.4 Å². The first-order valence-corrected chi connectivity index (χ1v) is 6.16. The Balaban J connectivity index is 2.28. The van der Waals surface area contributed by atoms with Gasteiger partial charge in [0.2, 0.25) is 0 Å². The molecule has 3 heteroatoms. The second-order valence-electron chi connectivity index (χ2n) is 4.44. The van der Waals surface area contributed by atoms with E-state index in [0.29, 0.717) is 5.52 Å².